The average Bonchev–Trinajstić information content (AvgIpc) is 2.47. The molecule has 0 fully saturated rings. The summed E-state index contributed by atoms with van der Waals surface area (Å²) in [5.74, 6) is 0.233. The van der Waals surface area contributed by atoms with E-state index in [4.69, 9.17) is 16.3 Å². The van der Waals surface area contributed by atoms with Gasteiger partial charge in [-0.3, -0.25) is 0 Å². The van der Waals surface area contributed by atoms with Crippen molar-refractivity contribution in [3.63, 3.8) is 0 Å². The van der Waals surface area contributed by atoms with Gasteiger partial charge in [0.25, 0.3) is 0 Å². The number of nitrogens with one attached hydrogen (secondary N) is 1. The molecule has 21 heavy (non-hydrogen) atoms. The molecule has 2 rings (SSSR count). The maximum absolute atomic E-state index is 14.2. The zero-order valence-electron chi connectivity index (χ0n) is 12.4. The molecule has 0 aliphatic rings. The number of methoxy groups -OCH3 is 1. The molecule has 1 N–H and O–H groups in total. The summed E-state index contributed by atoms with van der Waals surface area (Å²) in [5, 5.41) is 3.86. The van der Waals surface area contributed by atoms with Crippen molar-refractivity contribution >= 4 is 11.6 Å². The zero-order valence-corrected chi connectivity index (χ0v) is 13.2. The number of hydrogen-bond acceptors (Lipinski definition) is 2. The van der Waals surface area contributed by atoms with Crippen LogP contribution in [0.15, 0.2) is 36.4 Å². The van der Waals surface area contributed by atoms with Crippen LogP contribution in [0.2, 0.25) is 5.02 Å². The highest BCUT2D eigenvalue weighted by atomic mass is 35.5. The summed E-state index contributed by atoms with van der Waals surface area (Å²) < 4.78 is 19.2. The van der Waals surface area contributed by atoms with Crippen LogP contribution < -0.4 is 10.1 Å². The summed E-state index contributed by atoms with van der Waals surface area (Å²) in [4.78, 5) is 0. The molecule has 1 unspecified atom stereocenters. The molecule has 0 bridgehead atoms. The molecular weight excluding hydrogens is 289 g/mol. The highest BCUT2D eigenvalue weighted by Crippen LogP contribution is 2.27. The normalized spacial score (nSPS) is 12.2. The molecule has 0 amide bonds. The summed E-state index contributed by atoms with van der Waals surface area (Å²) in [6.07, 6.45) is 0.624. The summed E-state index contributed by atoms with van der Waals surface area (Å²) in [6.45, 7) is 1.99. The molecule has 4 heteroatoms. The second kappa shape index (κ2) is 6.92. The van der Waals surface area contributed by atoms with Crippen molar-refractivity contribution in [1.29, 1.82) is 0 Å². The highest BCUT2D eigenvalue weighted by Gasteiger charge is 2.16. The molecule has 0 spiro atoms. The fraction of sp³-hybridized carbons (Fsp3) is 0.294. The summed E-state index contributed by atoms with van der Waals surface area (Å²) in [7, 11) is 3.34. The Morgan fingerprint density at radius 2 is 2.00 bits per heavy atom. The zero-order chi connectivity index (χ0) is 15.4. The number of likely N-dealkylation sites (N-methyl/N-ethyl adjacent to an activating group) is 1. The molecule has 0 aliphatic carbocycles. The molecule has 0 aromatic heterocycles. The van der Waals surface area contributed by atoms with Gasteiger partial charge in [-0.1, -0.05) is 29.8 Å². The van der Waals surface area contributed by atoms with Gasteiger partial charge in [-0.05, 0) is 43.7 Å². The van der Waals surface area contributed by atoms with Crippen LogP contribution in [0.4, 0.5) is 4.39 Å². The van der Waals surface area contributed by atoms with Gasteiger partial charge >= 0.3 is 0 Å². The van der Waals surface area contributed by atoms with Crippen molar-refractivity contribution in [2.24, 2.45) is 0 Å². The van der Waals surface area contributed by atoms with E-state index in [1.165, 1.54) is 13.2 Å². The van der Waals surface area contributed by atoms with E-state index in [1.807, 2.05) is 32.2 Å². The Hall–Kier alpha value is -1.58. The quantitative estimate of drug-likeness (QED) is 0.889. The number of benzene rings is 2. The van der Waals surface area contributed by atoms with E-state index in [0.717, 1.165) is 11.1 Å². The fourth-order valence-electron chi connectivity index (χ4n) is 2.32. The van der Waals surface area contributed by atoms with Crippen LogP contribution in [0.3, 0.4) is 0 Å². The van der Waals surface area contributed by atoms with Gasteiger partial charge in [0.05, 0.1) is 7.11 Å². The van der Waals surface area contributed by atoms with Crippen LogP contribution in [0.1, 0.15) is 22.7 Å². The van der Waals surface area contributed by atoms with Crippen LogP contribution in [-0.2, 0) is 6.42 Å². The lowest BCUT2D eigenvalue weighted by atomic mass is 9.97. The summed E-state index contributed by atoms with van der Waals surface area (Å²) >= 11 is 6.26. The Morgan fingerprint density at radius 3 is 2.57 bits per heavy atom. The summed E-state index contributed by atoms with van der Waals surface area (Å²) in [5.41, 5.74) is 2.71. The van der Waals surface area contributed by atoms with Crippen LogP contribution >= 0.6 is 11.6 Å². The Kier molecular flexibility index (Phi) is 5.21. The van der Waals surface area contributed by atoms with Crippen molar-refractivity contribution < 1.29 is 9.13 Å². The standard InChI is InChI=1S/C17H19ClFNO/c1-11-4-5-12(15(18)8-11)9-17(20-2)14-7-6-13(21-3)10-16(14)19/h4-8,10,17,20H,9H2,1-3H3. The minimum atomic E-state index is -0.281. The van der Waals surface area contributed by atoms with E-state index in [0.29, 0.717) is 22.8 Å². The monoisotopic (exact) mass is 307 g/mol. The van der Waals surface area contributed by atoms with Gasteiger partial charge < -0.3 is 10.1 Å². The molecule has 2 aromatic rings. The number of rotatable bonds is 5. The number of ether oxygens (including phenoxy) is 1. The van der Waals surface area contributed by atoms with Gasteiger partial charge in [0.2, 0.25) is 0 Å². The van der Waals surface area contributed by atoms with Crippen molar-refractivity contribution in [3.8, 4) is 5.75 Å². The Labute approximate surface area is 129 Å². The third-order valence-corrected chi connectivity index (χ3v) is 3.92. The van der Waals surface area contributed by atoms with E-state index in [1.54, 1.807) is 12.1 Å². The third kappa shape index (κ3) is 3.74. The van der Waals surface area contributed by atoms with Gasteiger partial charge in [0.15, 0.2) is 0 Å². The Balaban J connectivity index is 2.27. The highest BCUT2D eigenvalue weighted by molar-refractivity contribution is 6.31. The average molecular weight is 308 g/mol. The third-order valence-electron chi connectivity index (χ3n) is 3.56. The number of halogens is 2. The van der Waals surface area contributed by atoms with E-state index in [9.17, 15) is 4.39 Å². The van der Waals surface area contributed by atoms with Gasteiger partial charge in [0.1, 0.15) is 11.6 Å². The van der Waals surface area contributed by atoms with Gasteiger partial charge in [-0.15, -0.1) is 0 Å². The molecule has 0 heterocycles. The van der Waals surface area contributed by atoms with E-state index >= 15 is 0 Å². The largest absolute Gasteiger partial charge is 0.497 e. The molecule has 0 aliphatic heterocycles. The summed E-state index contributed by atoms with van der Waals surface area (Å²) in [6, 6.07) is 10.7. The van der Waals surface area contributed by atoms with Crippen LogP contribution in [0, 0.1) is 12.7 Å². The van der Waals surface area contributed by atoms with Crippen molar-refractivity contribution in [3.05, 3.63) is 63.9 Å². The lowest BCUT2D eigenvalue weighted by molar-refractivity contribution is 0.409. The molecule has 0 radical (unpaired) electrons. The maximum Gasteiger partial charge on any atom is 0.131 e. The molecule has 1 atom stereocenters. The molecule has 2 nitrogen and oxygen atoms in total. The molecule has 0 saturated heterocycles. The van der Waals surface area contributed by atoms with E-state index < -0.39 is 0 Å². The fourth-order valence-corrected chi connectivity index (χ4v) is 2.64. The Bertz CT molecular complexity index is 630. The molecule has 2 aromatic carbocycles. The molecule has 112 valence electrons. The first-order chi connectivity index (χ1) is 10.0. The Morgan fingerprint density at radius 1 is 1.24 bits per heavy atom. The van der Waals surface area contributed by atoms with E-state index in [2.05, 4.69) is 5.32 Å². The smallest absolute Gasteiger partial charge is 0.131 e. The van der Waals surface area contributed by atoms with Gasteiger partial charge in [0, 0.05) is 22.7 Å². The predicted molar refractivity (Wildman–Crippen MR) is 84.6 cm³/mol. The van der Waals surface area contributed by atoms with Crippen LogP contribution in [0.5, 0.6) is 5.75 Å². The van der Waals surface area contributed by atoms with Crippen molar-refractivity contribution in [2.45, 2.75) is 19.4 Å². The molecule has 0 saturated carbocycles. The number of aryl methyl sites for hydroxylation is 1. The lowest BCUT2D eigenvalue weighted by Crippen LogP contribution is -2.20. The van der Waals surface area contributed by atoms with Crippen molar-refractivity contribution in [1.82, 2.24) is 5.32 Å². The minimum absolute atomic E-state index is 0.142. The molecular formula is C17H19ClFNO. The predicted octanol–water partition coefficient (Wildman–Crippen LogP) is 4.30. The second-order valence-corrected chi connectivity index (χ2v) is 5.43. The van der Waals surface area contributed by atoms with Gasteiger partial charge in [-0.2, -0.15) is 0 Å². The van der Waals surface area contributed by atoms with Crippen LogP contribution in [0.25, 0.3) is 0 Å². The first-order valence-corrected chi connectivity index (χ1v) is 7.18. The first kappa shape index (κ1) is 15.8. The minimum Gasteiger partial charge on any atom is -0.497 e. The SMILES string of the molecule is CNC(Cc1ccc(C)cc1Cl)c1ccc(OC)cc1F. The van der Waals surface area contributed by atoms with Crippen LogP contribution in [-0.4, -0.2) is 14.2 Å². The number of hydrogen-bond donors (Lipinski definition) is 1. The second-order valence-electron chi connectivity index (χ2n) is 5.03. The first-order valence-electron chi connectivity index (χ1n) is 6.81. The lowest BCUT2D eigenvalue weighted by Gasteiger charge is -2.19. The topological polar surface area (TPSA) is 21.3 Å². The maximum atomic E-state index is 14.2. The van der Waals surface area contributed by atoms with E-state index in [-0.39, 0.29) is 11.9 Å². The van der Waals surface area contributed by atoms with Crippen molar-refractivity contribution in [2.75, 3.05) is 14.2 Å². The van der Waals surface area contributed by atoms with Gasteiger partial charge in [-0.25, -0.2) is 4.39 Å².